The minimum absolute atomic E-state index is 0.0644. The van der Waals surface area contributed by atoms with Crippen LogP contribution in [-0.2, 0) is 11.3 Å². The number of aromatic nitrogens is 2. The van der Waals surface area contributed by atoms with E-state index in [1.165, 1.54) is 0 Å². The molecule has 1 aromatic heterocycles. The van der Waals surface area contributed by atoms with Crippen LogP contribution in [-0.4, -0.2) is 75.0 Å². The number of hydrogen-bond acceptors (Lipinski definition) is 4. The molecule has 1 aromatic rings. The highest BCUT2D eigenvalue weighted by Crippen LogP contribution is 2.37. The first-order chi connectivity index (χ1) is 16.5. The van der Waals surface area contributed by atoms with Crippen molar-refractivity contribution in [2.45, 2.75) is 64.8 Å². The van der Waals surface area contributed by atoms with Crippen molar-refractivity contribution in [3.05, 3.63) is 35.2 Å². The highest BCUT2D eigenvalue weighted by atomic mass is 19.4. The molecule has 1 unspecified atom stereocenters. The highest BCUT2D eigenvalue weighted by molar-refractivity contribution is 6.36. The first-order valence-electron chi connectivity index (χ1n) is 12.2. The number of nitrogens with zero attached hydrogens (tertiary/aromatic N) is 5. The standard InChI is InChI=1S/C25H30F3N5O2/c1-14-8-21-19(22-20(23(34)30-21)10-29-33(22)13-17-4-5-17)9-18(14)24(35)32-12-15(2)31(11-16(32)3)7-6-25(26,27)28/h8-10,15-18H,4-7,11-13H2,1-3H3/t15-,16+,18?/m1/s1. The minimum Gasteiger partial charge on any atom is -0.336 e. The molecule has 3 atom stereocenters. The maximum absolute atomic E-state index is 13.7. The molecule has 0 bridgehead atoms. The fraction of sp³-hybridized carbons (Fsp3) is 0.600. The molecule has 10 heteroatoms. The zero-order valence-electron chi connectivity index (χ0n) is 20.2. The molecule has 0 spiro atoms. The summed E-state index contributed by atoms with van der Waals surface area (Å²) in [6, 6.07) is -0.383. The number of allylic oxidation sites excluding steroid dienone is 2. The zero-order valence-corrected chi connectivity index (χ0v) is 20.2. The quantitative estimate of drug-likeness (QED) is 0.632. The summed E-state index contributed by atoms with van der Waals surface area (Å²) >= 11 is 0. The lowest BCUT2D eigenvalue weighted by molar-refractivity contribution is -0.147. The van der Waals surface area contributed by atoms with Gasteiger partial charge in [-0.2, -0.15) is 18.3 Å². The Morgan fingerprint density at radius 1 is 1.17 bits per heavy atom. The molecular formula is C25H30F3N5O2. The van der Waals surface area contributed by atoms with Gasteiger partial charge in [0.2, 0.25) is 5.91 Å². The number of carbonyl (C=O) groups excluding carboxylic acids is 2. The summed E-state index contributed by atoms with van der Waals surface area (Å²) in [5.74, 6) is -0.357. The molecule has 35 heavy (non-hydrogen) atoms. The summed E-state index contributed by atoms with van der Waals surface area (Å²) in [5, 5.41) is 4.44. The van der Waals surface area contributed by atoms with Gasteiger partial charge in [-0.15, -0.1) is 0 Å². The second-order valence-electron chi connectivity index (χ2n) is 10.3. The smallest absolute Gasteiger partial charge is 0.336 e. The molecule has 2 aliphatic heterocycles. The van der Waals surface area contributed by atoms with Crippen LogP contribution in [0, 0.1) is 11.8 Å². The van der Waals surface area contributed by atoms with Crippen LogP contribution < -0.4 is 0 Å². The van der Waals surface area contributed by atoms with E-state index in [0.29, 0.717) is 30.3 Å². The molecule has 2 amide bonds. The molecular weight excluding hydrogens is 459 g/mol. The second-order valence-corrected chi connectivity index (χ2v) is 10.3. The van der Waals surface area contributed by atoms with E-state index in [9.17, 15) is 22.8 Å². The minimum atomic E-state index is -4.20. The lowest BCUT2D eigenvalue weighted by Crippen LogP contribution is -2.59. The maximum Gasteiger partial charge on any atom is 0.390 e. The molecule has 2 aliphatic carbocycles. The van der Waals surface area contributed by atoms with Gasteiger partial charge in [0.05, 0.1) is 35.5 Å². The van der Waals surface area contributed by atoms with Crippen molar-refractivity contribution in [1.82, 2.24) is 19.6 Å². The largest absolute Gasteiger partial charge is 0.390 e. The normalized spacial score (nSPS) is 27.1. The van der Waals surface area contributed by atoms with E-state index in [0.717, 1.165) is 36.2 Å². The van der Waals surface area contributed by atoms with E-state index >= 15 is 0 Å². The number of halogens is 3. The summed E-state index contributed by atoms with van der Waals surface area (Å²) in [6.45, 7) is 7.05. The van der Waals surface area contributed by atoms with Crippen LogP contribution in [0.2, 0.25) is 0 Å². The number of aliphatic imine (C=N–C) groups is 1. The summed E-state index contributed by atoms with van der Waals surface area (Å²) in [6.07, 6.45) is 2.50. The average Bonchev–Trinajstić information content (AvgIpc) is 3.49. The number of carbonyl (C=O) groups is 2. The monoisotopic (exact) mass is 489 g/mol. The van der Waals surface area contributed by atoms with Gasteiger partial charge < -0.3 is 4.90 Å². The number of alkyl halides is 3. The molecule has 1 saturated heterocycles. The van der Waals surface area contributed by atoms with Gasteiger partial charge in [0.1, 0.15) is 0 Å². The first kappa shape index (κ1) is 24.0. The number of piperazine rings is 1. The Hall–Kier alpha value is -2.75. The van der Waals surface area contributed by atoms with Gasteiger partial charge in [0.15, 0.2) is 0 Å². The van der Waals surface area contributed by atoms with E-state index in [1.54, 1.807) is 17.2 Å². The lowest BCUT2D eigenvalue weighted by atomic mass is 9.84. The number of hydrogen-bond donors (Lipinski definition) is 0. The van der Waals surface area contributed by atoms with Crippen molar-refractivity contribution >= 4 is 23.1 Å². The van der Waals surface area contributed by atoms with Crippen LogP contribution in [0.3, 0.4) is 0 Å². The molecule has 1 saturated carbocycles. The summed E-state index contributed by atoms with van der Waals surface area (Å²) in [5.41, 5.74) is 3.29. The number of amides is 2. The summed E-state index contributed by atoms with van der Waals surface area (Å²) in [7, 11) is 0. The number of rotatable bonds is 5. The van der Waals surface area contributed by atoms with E-state index in [1.807, 2.05) is 36.4 Å². The third-order valence-corrected chi connectivity index (χ3v) is 7.49. The van der Waals surface area contributed by atoms with Gasteiger partial charge in [-0.3, -0.25) is 19.2 Å². The Morgan fingerprint density at radius 2 is 1.91 bits per heavy atom. The van der Waals surface area contributed by atoms with E-state index in [-0.39, 0.29) is 30.4 Å². The lowest BCUT2D eigenvalue weighted by Gasteiger charge is -2.45. The van der Waals surface area contributed by atoms with Gasteiger partial charge in [-0.1, -0.05) is 11.6 Å². The van der Waals surface area contributed by atoms with Crippen molar-refractivity contribution in [1.29, 1.82) is 0 Å². The van der Waals surface area contributed by atoms with E-state index < -0.39 is 18.5 Å². The van der Waals surface area contributed by atoms with Gasteiger partial charge >= 0.3 is 6.18 Å². The zero-order chi connectivity index (χ0) is 25.1. The molecule has 5 rings (SSSR count). The fourth-order valence-electron chi connectivity index (χ4n) is 5.27. The fourth-order valence-corrected chi connectivity index (χ4v) is 5.27. The van der Waals surface area contributed by atoms with Crippen LogP contribution in [0.25, 0.3) is 5.57 Å². The van der Waals surface area contributed by atoms with Gasteiger partial charge in [-0.05, 0) is 45.6 Å². The molecule has 0 aromatic carbocycles. The Bertz CT molecular complexity index is 1140. The summed E-state index contributed by atoms with van der Waals surface area (Å²) in [4.78, 5) is 34.2. The molecule has 188 valence electrons. The maximum atomic E-state index is 13.7. The predicted molar refractivity (Wildman–Crippen MR) is 125 cm³/mol. The summed E-state index contributed by atoms with van der Waals surface area (Å²) < 4.78 is 40.1. The Labute approximate surface area is 202 Å². The van der Waals surface area contributed by atoms with Crippen LogP contribution in [0.15, 0.2) is 28.9 Å². The number of fused-ring (bicyclic) bond motifs is 3. The molecule has 4 aliphatic rings. The Balaban J connectivity index is 1.38. The molecule has 0 N–H and O–H groups in total. The van der Waals surface area contributed by atoms with E-state index in [4.69, 9.17) is 0 Å². The van der Waals surface area contributed by atoms with Gasteiger partial charge in [0.25, 0.3) is 5.91 Å². The molecule has 0 radical (unpaired) electrons. The topological polar surface area (TPSA) is 70.8 Å². The average molecular weight is 490 g/mol. The van der Waals surface area contributed by atoms with Crippen LogP contribution in [0.1, 0.15) is 56.1 Å². The van der Waals surface area contributed by atoms with Crippen molar-refractivity contribution in [3.63, 3.8) is 0 Å². The SMILES string of the molecule is CC1=CC2=NC(=O)c3cnn(CC4CC4)c3C2=CC1C(=O)N1C[C@@H](C)N(CCC(F)(F)F)C[C@@H]1C. The predicted octanol–water partition coefficient (Wildman–Crippen LogP) is 3.72. The van der Waals surface area contributed by atoms with Gasteiger partial charge in [-0.25, -0.2) is 4.99 Å². The van der Waals surface area contributed by atoms with E-state index in [2.05, 4.69) is 10.1 Å². The molecule has 3 heterocycles. The molecule has 7 nitrogen and oxygen atoms in total. The van der Waals surface area contributed by atoms with Crippen LogP contribution in [0.4, 0.5) is 13.2 Å². The Kier molecular flexibility index (Phi) is 5.97. The third-order valence-electron chi connectivity index (χ3n) is 7.49. The molecule has 2 fully saturated rings. The highest BCUT2D eigenvalue weighted by Gasteiger charge is 2.39. The first-order valence-corrected chi connectivity index (χ1v) is 12.2. The van der Waals surface area contributed by atoms with Crippen molar-refractivity contribution < 1.29 is 22.8 Å². The second kappa shape index (κ2) is 8.72. The van der Waals surface area contributed by atoms with Crippen molar-refractivity contribution in [3.8, 4) is 0 Å². The van der Waals surface area contributed by atoms with Crippen molar-refractivity contribution in [2.24, 2.45) is 16.8 Å². The van der Waals surface area contributed by atoms with Crippen LogP contribution >= 0.6 is 0 Å². The van der Waals surface area contributed by atoms with Crippen LogP contribution in [0.5, 0.6) is 0 Å². The van der Waals surface area contributed by atoms with Crippen molar-refractivity contribution in [2.75, 3.05) is 19.6 Å². The Morgan fingerprint density at radius 3 is 2.60 bits per heavy atom. The third kappa shape index (κ3) is 4.72. The van der Waals surface area contributed by atoms with Gasteiger partial charge in [0, 0.05) is 43.8 Å².